The quantitative estimate of drug-likeness (QED) is 0.504. The highest BCUT2D eigenvalue weighted by atomic mass is 32.2. The lowest BCUT2D eigenvalue weighted by Crippen LogP contribution is -2.42. The van der Waals surface area contributed by atoms with Crippen LogP contribution in [0.5, 0.6) is 0 Å². The van der Waals surface area contributed by atoms with E-state index in [1.54, 1.807) is 11.8 Å². The molecule has 64 valence electrons. The maximum absolute atomic E-state index is 11.1. The van der Waals surface area contributed by atoms with Crippen LogP contribution in [0.15, 0.2) is 0 Å². The monoisotopic (exact) mass is 175 g/mol. The molecular weight excluding hydrogens is 162 g/mol. The van der Waals surface area contributed by atoms with Crippen LogP contribution in [-0.2, 0) is 9.53 Å². The zero-order valence-corrected chi connectivity index (χ0v) is 7.83. The molecule has 3 nitrogen and oxygen atoms in total. The van der Waals surface area contributed by atoms with Crippen LogP contribution in [0.2, 0.25) is 0 Å². The molecule has 0 aliphatic carbocycles. The van der Waals surface area contributed by atoms with Gasteiger partial charge < -0.3 is 10.1 Å². The molecule has 0 aromatic heterocycles. The Morgan fingerprint density at radius 3 is 2.64 bits per heavy atom. The lowest BCUT2D eigenvalue weighted by molar-refractivity contribution is -0.123. The van der Waals surface area contributed by atoms with Gasteiger partial charge in [-0.25, -0.2) is 0 Å². The second-order valence-corrected chi connectivity index (χ2v) is 4.45. The molecule has 11 heavy (non-hydrogen) atoms. The summed E-state index contributed by atoms with van der Waals surface area (Å²) in [6.45, 7) is 4.52. The van der Waals surface area contributed by atoms with Crippen molar-refractivity contribution in [3.8, 4) is 0 Å². The molecule has 0 aromatic carbocycles. The minimum absolute atomic E-state index is 0.00403. The summed E-state index contributed by atoms with van der Waals surface area (Å²) in [5.41, 5.74) is 0. The van der Waals surface area contributed by atoms with E-state index in [4.69, 9.17) is 4.74 Å². The highest BCUT2D eigenvalue weighted by Crippen LogP contribution is 2.19. The van der Waals surface area contributed by atoms with Gasteiger partial charge in [0.2, 0.25) is 0 Å². The van der Waals surface area contributed by atoms with Crippen molar-refractivity contribution in [1.29, 1.82) is 0 Å². The highest BCUT2D eigenvalue weighted by Gasteiger charge is 2.34. The first-order chi connectivity index (χ1) is 5.05. The zero-order valence-electron chi connectivity index (χ0n) is 7.01. The van der Waals surface area contributed by atoms with Crippen molar-refractivity contribution >= 4 is 17.7 Å². The molecule has 1 amide bonds. The second-order valence-electron chi connectivity index (χ2n) is 3.03. The molecule has 1 aliphatic rings. The van der Waals surface area contributed by atoms with Crippen molar-refractivity contribution in [2.75, 3.05) is 12.9 Å². The summed E-state index contributed by atoms with van der Waals surface area (Å²) in [5.74, 6) is 0.00403. The molecule has 1 N–H and O–H groups in total. The summed E-state index contributed by atoms with van der Waals surface area (Å²) in [4.78, 5) is 11.0. The third-order valence-corrected chi connectivity index (χ3v) is 2.68. The third kappa shape index (κ3) is 2.71. The number of thioether (sulfide) groups is 1. The predicted octanol–water partition coefficient (Wildman–Crippen LogP) is 0.600. The van der Waals surface area contributed by atoms with Gasteiger partial charge in [0.15, 0.2) is 6.10 Å². The van der Waals surface area contributed by atoms with Gasteiger partial charge in [0.1, 0.15) is 0 Å². The number of nitrogens with one attached hydrogen (secondary N) is 1. The van der Waals surface area contributed by atoms with Crippen molar-refractivity contribution in [3.63, 3.8) is 0 Å². The molecule has 0 bridgehead atoms. The Bertz CT molecular complexity index is 166. The number of rotatable bonds is 3. The Morgan fingerprint density at radius 2 is 2.27 bits per heavy atom. The van der Waals surface area contributed by atoms with Crippen LogP contribution in [0, 0.1) is 0 Å². The van der Waals surface area contributed by atoms with E-state index in [9.17, 15) is 4.79 Å². The van der Waals surface area contributed by atoms with Crippen molar-refractivity contribution in [2.24, 2.45) is 0 Å². The second kappa shape index (κ2) is 3.03. The zero-order chi connectivity index (χ0) is 8.48. The molecule has 0 aromatic rings. The number of hydrogen-bond donors (Lipinski definition) is 1. The van der Waals surface area contributed by atoms with Crippen LogP contribution in [0.4, 0.5) is 0 Å². The first kappa shape index (κ1) is 8.87. The average molecular weight is 175 g/mol. The molecule has 1 saturated heterocycles. The molecule has 1 rings (SSSR count). The van der Waals surface area contributed by atoms with Crippen molar-refractivity contribution in [1.82, 2.24) is 5.32 Å². The number of amides is 1. The largest absolute Gasteiger partial charge is 0.363 e. The first-order valence-electron chi connectivity index (χ1n) is 3.54. The summed E-state index contributed by atoms with van der Waals surface area (Å²) in [6, 6.07) is 0. The van der Waals surface area contributed by atoms with E-state index in [-0.39, 0.29) is 16.9 Å². The molecule has 1 atom stereocenters. The normalized spacial score (nSPS) is 23.0. The van der Waals surface area contributed by atoms with E-state index in [2.05, 4.69) is 5.32 Å². The van der Waals surface area contributed by atoms with Gasteiger partial charge >= 0.3 is 0 Å². The lowest BCUT2D eigenvalue weighted by Gasteiger charge is -2.22. The van der Waals surface area contributed by atoms with Crippen molar-refractivity contribution < 1.29 is 9.53 Å². The number of carbonyl (C=O) groups excluding carboxylic acids is 1. The van der Waals surface area contributed by atoms with E-state index in [0.717, 1.165) is 0 Å². The Hall–Kier alpha value is -0.220. The summed E-state index contributed by atoms with van der Waals surface area (Å²) >= 11 is 1.61. The van der Waals surface area contributed by atoms with Crippen LogP contribution < -0.4 is 5.32 Å². The molecule has 0 spiro atoms. The fourth-order valence-corrected chi connectivity index (χ4v) is 0.830. The van der Waals surface area contributed by atoms with Gasteiger partial charge in [-0.1, -0.05) is 0 Å². The topological polar surface area (TPSA) is 41.6 Å². The highest BCUT2D eigenvalue weighted by molar-refractivity contribution is 7.99. The molecule has 0 radical (unpaired) electrons. The molecule has 1 aliphatic heterocycles. The fourth-order valence-electron chi connectivity index (χ4n) is 0.628. The van der Waals surface area contributed by atoms with E-state index in [1.165, 1.54) is 0 Å². The smallest absolute Gasteiger partial charge is 0.252 e. The molecule has 1 fully saturated rings. The lowest BCUT2D eigenvalue weighted by atomic mass is 10.3. The van der Waals surface area contributed by atoms with Crippen LogP contribution >= 0.6 is 11.8 Å². The third-order valence-electron chi connectivity index (χ3n) is 1.56. The summed E-state index contributed by atoms with van der Waals surface area (Å²) in [7, 11) is 0. The van der Waals surface area contributed by atoms with Gasteiger partial charge in [-0.3, -0.25) is 4.79 Å². The summed E-state index contributed by atoms with van der Waals surface area (Å²) in [6.07, 6.45) is 1.79. The van der Waals surface area contributed by atoms with Crippen LogP contribution in [0.3, 0.4) is 0 Å². The summed E-state index contributed by atoms with van der Waals surface area (Å²) in [5, 5.41) is 2.87. The molecule has 1 heterocycles. The Balaban J connectivity index is 2.33. The Morgan fingerprint density at radius 1 is 1.73 bits per heavy atom. The Kier molecular flexibility index (Phi) is 2.44. The number of epoxide rings is 1. The molecular formula is C7H13NO2S. The minimum atomic E-state index is -0.179. The summed E-state index contributed by atoms with van der Waals surface area (Å²) < 4.78 is 4.84. The van der Waals surface area contributed by atoms with E-state index < -0.39 is 0 Å². The first-order valence-corrected chi connectivity index (χ1v) is 4.76. The van der Waals surface area contributed by atoms with Gasteiger partial charge in [0.25, 0.3) is 5.91 Å². The van der Waals surface area contributed by atoms with Crippen LogP contribution in [0.1, 0.15) is 13.8 Å². The maximum atomic E-state index is 11.1. The maximum Gasteiger partial charge on any atom is 0.252 e. The van der Waals surface area contributed by atoms with E-state index in [1.807, 2.05) is 20.1 Å². The van der Waals surface area contributed by atoms with Crippen LogP contribution in [0.25, 0.3) is 0 Å². The number of carbonyl (C=O) groups is 1. The SMILES string of the molecule is CSC(C)(C)NC(=O)C1CO1. The molecule has 1 unspecified atom stereocenters. The standard InChI is InChI=1S/C7H13NO2S/c1-7(2,11-3)8-6(9)5-4-10-5/h5H,4H2,1-3H3,(H,8,9). The van der Waals surface area contributed by atoms with Gasteiger partial charge in [-0.2, -0.15) is 0 Å². The van der Waals surface area contributed by atoms with Gasteiger partial charge in [-0.15, -0.1) is 11.8 Å². The minimum Gasteiger partial charge on any atom is -0.363 e. The van der Waals surface area contributed by atoms with Gasteiger partial charge in [-0.05, 0) is 20.1 Å². The van der Waals surface area contributed by atoms with Gasteiger partial charge in [0.05, 0.1) is 11.5 Å². The van der Waals surface area contributed by atoms with E-state index in [0.29, 0.717) is 6.61 Å². The fraction of sp³-hybridized carbons (Fsp3) is 0.857. The van der Waals surface area contributed by atoms with Crippen molar-refractivity contribution in [3.05, 3.63) is 0 Å². The number of ether oxygens (including phenoxy) is 1. The predicted molar refractivity (Wildman–Crippen MR) is 45.5 cm³/mol. The van der Waals surface area contributed by atoms with E-state index >= 15 is 0 Å². The van der Waals surface area contributed by atoms with Gasteiger partial charge in [0, 0.05) is 0 Å². The Labute approximate surface area is 70.9 Å². The molecule has 0 saturated carbocycles. The number of hydrogen-bond acceptors (Lipinski definition) is 3. The average Bonchev–Trinajstić information content (AvgIpc) is 2.67. The molecule has 4 heteroatoms. The van der Waals surface area contributed by atoms with Crippen molar-refractivity contribution in [2.45, 2.75) is 24.8 Å². The van der Waals surface area contributed by atoms with Crippen LogP contribution in [-0.4, -0.2) is 29.7 Å².